The van der Waals surface area contributed by atoms with Crippen LogP contribution in [0.3, 0.4) is 0 Å². The van der Waals surface area contributed by atoms with Crippen molar-refractivity contribution in [2.45, 2.75) is 82.2 Å². The van der Waals surface area contributed by atoms with Gasteiger partial charge in [0.25, 0.3) is 0 Å². The first-order valence-electron chi connectivity index (χ1n) is 11.9. The van der Waals surface area contributed by atoms with Crippen molar-refractivity contribution in [1.29, 1.82) is 0 Å². The quantitative estimate of drug-likeness (QED) is 0.417. The number of carbonyl (C=O) groups excluding carboxylic acids is 1. The predicted octanol–water partition coefficient (Wildman–Crippen LogP) is 4.55. The summed E-state index contributed by atoms with van der Waals surface area (Å²) >= 11 is 0. The molecule has 7 rings (SSSR count). The largest absolute Gasteiger partial charge is 0.481 e. The minimum Gasteiger partial charge on any atom is -0.481 e. The van der Waals surface area contributed by atoms with E-state index in [0.717, 1.165) is 44.9 Å². The van der Waals surface area contributed by atoms with E-state index in [1.165, 1.54) is 12.5 Å². The van der Waals surface area contributed by atoms with Crippen molar-refractivity contribution in [3.05, 3.63) is 29.8 Å². The molecule has 1 saturated heterocycles. The Morgan fingerprint density at radius 2 is 1.66 bits per heavy atom. The maximum absolute atomic E-state index is 12.1. The standard InChI is InChI=1S/C25H30O7/c1-15(26)29-21-4-2-17(3-5-21)18-6-8-24(9-7-18)30-25(32-31-24)19-10-16-11-20(25)14-23(12-16,13-19)22(27)28/h2-5,16,18-20H,6-14H2,1H3,(H,27,28). The van der Waals surface area contributed by atoms with E-state index in [-0.39, 0.29) is 17.8 Å². The molecule has 0 aromatic heterocycles. The second-order valence-corrected chi connectivity index (χ2v) is 10.8. The van der Waals surface area contributed by atoms with Crippen LogP contribution in [0.15, 0.2) is 24.3 Å². The summed E-state index contributed by atoms with van der Waals surface area (Å²) in [6.45, 7) is 1.40. The van der Waals surface area contributed by atoms with Crippen LogP contribution in [-0.2, 0) is 24.1 Å². The lowest BCUT2D eigenvalue weighted by atomic mass is 9.47. The Morgan fingerprint density at radius 3 is 2.25 bits per heavy atom. The van der Waals surface area contributed by atoms with Gasteiger partial charge in [-0.3, -0.25) is 9.59 Å². The van der Waals surface area contributed by atoms with E-state index in [9.17, 15) is 14.7 Å². The van der Waals surface area contributed by atoms with Gasteiger partial charge in [0.1, 0.15) is 5.75 Å². The van der Waals surface area contributed by atoms with Crippen LogP contribution < -0.4 is 4.74 Å². The molecule has 0 amide bonds. The molecule has 1 aliphatic heterocycles. The molecular formula is C25H30O7. The number of aliphatic carboxylic acids is 1. The van der Waals surface area contributed by atoms with Gasteiger partial charge in [0, 0.05) is 31.6 Å². The number of hydrogen-bond acceptors (Lipinski definition) is 6. The van der Waals surface area contributed by atoms with Crippen LogP contribution in [0.2, 0.25) is 0 Å². The van der Waals surface area contributed by atoms with E-state index in [0.29, 0.717) is 30.4 Å². The van der Waals surface area contributed by atoms with Gasteiger partial charge >= 0.3 is 11.9 Å². The molecule has 7 nitrogen and oxygen atoms in total. The summed E-state index contributed by atoms with van der Waals surface area (Å²) in [4.78, 5) is 35.2. The molecule has 172 valence electrons. The van der Waals surface area contributed by atoms with Gasteiger partial charge in [-0.1, -0.05) is 12.1 Å². The van der Waals surface area contributed by atoms with Crippen LogP contribution in [0.5, 0.6) is 5.75 Å². The smallest absolute Gasteiger partial charge is 0.309 e. The van der Waals surface area contributed by atoms with Gasteiger partial charge in [-0.2, -0.15) is 9.78 Å². The third kappa shape index (κ3) is 3.05. The highest BCUT2D eigenvalue weighted by atomic mass is 17.3. The van der Waals surface area contributed by atoms with Crippen molar-refractivity contribution in [2.75, 3.05) is 0 Å². The normalized spacial score (nSPS) is 44.3. The number of benzene rings is 1. The Labute approximate surface area is 187 Å². The fourth-order valence-corrected chi connectivity index (χ4v) is 7.51. The van der Waals surface area contributed by atoms with Gasteiger partial charge in [0.2, 0.25) is 11.6 Å². The van der Waals surface area contributed by atoms with Gasteiger partial charge in [0.05, 0.1) is 5.41 Å². The number of rotatable bonds is 3. The highest BCUT2D eigenvalue weighted by molar-refractivity contribution is 5.75. The van der Waals surface area contributed by atoms with Crippen molar-refractivity contribution in [2.24, 2.45) is 23.2 Å². The molecule has 1 aromatic carbocycles. The molecule has 1 N–H and O–H groups in total. The summed E-state index contributed by atoms with van der Waals surface area (Å²) in [7, 11) is 0. The molecule has 6 aliphatic rings. The fourth-order valence-electron chi connectivity index (χ4n) is 7.51. The van der Waals surface area contributed by atoms with Crippen LogP contribution in [0.25, 0.3) is 0 Å². The Hall–Kier alpha value is -1.96. The number of ether oxygens (including phenoxy) is 2. The van der Waals surface area contributed by atoms with Crippen LogP contribution in [0.4, 0.5) is 0 Å². The predicted molar refractivity (Wildman–Crippen MR) is 111 cm³/mol. The highest BCUT2D eigenvalue weighted by Gasteiger charge is 2.71. The van der Waals surface area contributed by atoms with Crippen LogP contribution in [-0.4, -0.2) is 28.6 Å². The van der Waals surface area contributed by atoms with E-state index in [1.54, 1.807) is 0 Å². The van der Waals surface area contributed by atoms with Crippen molar-refractivity contribution in [3.8, 4) is 5.75 Å². The summed E-state index contributed by atoms with van der Waals surface area (Å²) in [5.74, 6) is -0.859. The first-order chi connectivity index (χ1) is 15.3. The van der Waals surface area contributed by atoms with E-state index in [4.69, 9.17) is 19.2 Å². The third-order valence-electron chi connectivity index (χ3n) is 8.81. The highest BCUT2D eigenvalue weighted by Crippen LogP contribution is 2.67. The van der Waals surface area contributed by atoms with Gasteiger partial charge < -0.3 is 14.6 Å². The maximum Gasteiger partial charge on any atom is 0.309 e. The molecule has 5 saturated carbocycles. The fraction of sp³-hybridized carbons (Fsp3) is 0.680. The Morgan fingerprint density at radius 1 is 1.00 bits per heavy atom. The molecule has 0 radical (unpaired) electrons. The average molecular weight is 443 g/mol. The zero-order valence-corrected chi connectivity index (χ0v) is 18.4. The second-order valence-electron chi connectivity index (χ2n) is 10.8. The topological polar surface area (TPSA) is 91.3 Å². The Bertz CT molecular complexity index is 914. The number of esters is 1. The number of carboxylic acid groups (broad SMARTS) is 1. The monoisotopic (exact) mass is 442 g/mol. The van der Waals surface area contributed by atoms with Crippen LogP contribution >= 0.6 is 0 Å². The minimum atomic E-state index is -0.769. The molecule has 2 atom stereocenters. The van der Waals surface area contributed by atoms with Gasteiger partial charge in [-0.05, 0) is 74.5 Å². The molecule has 2 spiro atoms. The molecule has 5 aliphatic carbocycles. The van der Waals surface area contributed by atoms with E-state index in [1.807, 2.05) is 24.3 Å². The summed E-state index contributed by atoms with van der Waals surface area (Å²) < 4.78 is 11.9. The van der Waals surface area contributed by atoms with Crippen molar-refractivity contribution < 1.29 is 33.9 Å². The average Bonchev–Trinajstić information content (AvgIpc) is 3.12. The molecular weight excluding hydrogens is 412 g/mol. The molecule has 6 fully saturated rings. The lowest BCUT2D eigenvalue weighted by Crippen LogP contribution is -2.64. The number of carboxylic acids is 1. The summed E-state index contributed by atoms with van der Waals surface area (Å²) in [5.41, 5.74) is 0.627. The Balaban J connectivity index is 1.14. The van der Waals surface area contributed by atoms with Crippen LogP contribution in [0.1, 0.15) is 76.2 Å². The summed E-state index contributed by atoms with van der Waals surface area (Å²) in [6.07, 6.45) is 7.35. The second kappa shape index (κ2) is 7.02. The first-order valence-corrected chi connectivity index (χ1v) is 11.9. The van der Waals surface area contributed by atoms with Crippen molar-refractivity contribution >= 4 is 11.9 Å². The van der Waals surface area contributed by atoms with Crippen LogP contribution in [0, 0.1) is 23.2 Å². The molecule has 1 aromatic rings. The third-order valence-corrected chi connectivity index (χ3v) is 8.81. The molecule has 4 bridgehead atoms. The SMILES string of the molecule is CC(=O)Oc1ccc(C2CCC3(CC2)OOC2(O3)C3CC4CC2CC(C(=O)O)(C4)C3)cc1. The minimum absolute atomic E-state index is 0.0933. The van der Waals surface area contributed by atoms with Gasteiger partial charge in [-0.15, -0.1) is 0 Å². The zero-order chi connectivity index (χ0) is 22.1. The first kappa shape index (κ1) is 20.6. The maximum atomic E-state index is 12.1. The lowest BCUT2D eigenvalue weighted by molar-refractivity contribution is -0.393. The number of hydrogen-bond donors (Lipinski definition) is 1. The number of carbonyl (C=O) groups is 2. The zero-order valence-electron chi connectivity index (χ0n) is 18.4. The van der Waals surface area contributed by atoms with E-state index in [2.05, 4.69) is 0 Å². The van der Waals surface area contributed by atoms with Gasteiger partial charge in [0.15, 0.2) is 0 Å². The van der Waals surface area contributed by atoms with E-state index < -0.39 is 23.0 Å². The van der Waals surface area contributed by atoms with Crippen molar-refractivity contribution in [1.82, 2.24) is 0 Å². The van der Waals surface area contributed by atoms with Crippen molar-refractivity contribution in [3.63, 3.8) is 0 Å². The Kier molecular flexibility index (Phi) is 4.52. The molecule has 1 heterocycles. The summed E-state index contributed by atoms with van der Waals surface area (Å²) in [6, 6.07) is 7.74. The lowest BCUT2D eigenvalue weighted by Gasteiger charge is -2.60. The molecule has 2 unspecified atom stereocenters. The molecule has 7 heteroatoms. The van der Waals surface area contributed by atoms with E-state index >= 15 is 0 Å². The molecule has 32 heavy (non-hydrogen) atoms. The summed E-state index contributed by atoms with van der Waals surface area (Å²) in [5, 5.41) is 9.91. The van der Waals surface area contributed by atoms with Gasteiger partial charge in [-0.25, -0.2) is 0 Å².